The summed E-state index contributed by atoms with van der Waals surface area (Å²) in [4.78, 5) is 24.8. The van der Waals surface area contributed by atoms with E-state index < -0.39 is 0 Å². The number of fused-ring (bicyclic) bond motifs is 5. The van der Waals surface area contributed by atoms with Gasteiger partial charge in [-0.15, -0.1) is 0 Å². The molecule has 4 rings (SSSR count). The lowest BCUT2D eigenvalue weighted by Gasteiger charge is -2.60. The van der Waals surface area contributed by atoms with Crippen LogP contribution in [0.5, 0.6) is 0 Å². The van der Waals surface area contributed by atoms with Crippen LogP contribution in [0.1, 0.15) is 78.1 Å². The third-order valence-electron chi connectivity index (χ3n) is 9.29. The standard InChI is InChI=1S/C23H37N3O3/c1-22-9-7-14(25-21(28)4-3-11-24)12-18(22)19(26-29)13-15-16-5-6-20(27)23(16,2)10-8-17(15)22/h14-18,29H,3-13,24H2,1-2H3,(H,25,28)/b26-19-/t14?,15-,16-,17+,18?,22+,23-/m0/s1. The van der Waals surface area contributed by atoms with Gasteiger partial charge in [0.1, 0.15) is 5.78 Å². The van der Waals surface area contributed by atoms with Gasteiger partial charge in [0.05, 0.1) is 5.71 Å². The summed E-state index contributed by atoms with van der Waals surface area (Å²) in [5.41, 5.74) is 6.35. The molecule has 2 unspecified atom stereocenters. The fraction of sp³-hybridized carbons (Fsp3) is 0.870. The largest absolute Gasteiger partial charge is 0.411 e. The summed E-state index contributed by atoms with van der Waals surface area (Å²) in [6.07, 6.45) is 8.69. The zero-order valence-corrected chi connectivity index (χ0v) is 18.0. The summed E-state index contributed by atoms with van der Waals surface area (Å²) in [5.74, 6) is 2.19. The Labute approximate surface area is 174 Å². The lowest BCUT2D eigenvalue weighted by molar-refractivity contribution is -0.134. The Hall–Kier alpha value is -1.43. The molecule has 0 heterocycles. The van der Waals surface area contributed by atoms with Crippen LogP contribution in [0.4, 0.5) is 0 Å². The second-order valence-corrected chi connectivity index (χ2v) is 10.6. The third-order valence-corrected chi connectivity index (χ3v) is 9.29. The number of hydrogen-bond acceptors (Lipinski definition) is 5. The van der Waals surface area contributed by atoms with Crippen LogP contribution < -0.4 is 11.1 Å². The van der Waals surface area contributed by atoms with Crippen LogP contribution in [-0.2, 0) is 9.59 Å². The summed E-state index contributed by atoms with van der Waals surface area (Å²) in [7, 11) is 0. The molecule has 6 heteroatoms. The molecule has 0 radical (unpaired) electrons. The Morgan fingerprint density at radius 2 is 2.03 bits per heavy atom. The predicted molar refractivity (Wildman–Crippen MR) is 112 cm³/mol. The molecule has 0 aromatic carbocycles. The van der Waals surface area contributed by atoms with Gasteiger partial charge in [-0.25, -0.2) is 0 Å². The molecule has 0 aromatic rings. The minimum Gasteiger partial charge on any atom is -0.411 e. The fourth-order valence-corrected chi connectivity index (χ4v) is 7.64. The zero-order valence-electron chi connectivity index (χ0n) is 18.0. The summed E-state index contributed by atoms with van der Waals surface area (Å²) in [6, 6.07) is 0.147. The van der Waals surface area contributed by atoms with Crippen molar-refractivity contribution in [2.45, 2.75) is 84.1 Å². The van der Waals surface area contributed by atoms with Crippen molar-refractivity contribution >= 4 is 17.4 Å². The van der Waals surface area contributed by atoms with Gasteiger partial charge in [0.2, 0.25) is 5.91 Å². The number of nitrogens with two attached hydrogens (primary N) is 1. The minimum atomic E-state index is -0.168. The first-order chi connectivity index (χ1) is 13.8. The molecule has 1 amide bonds. The van der Waals surface area contributed by atoms with Crippen LogP contribution in [0.3, 0.4) is 0 Å². The fourth-order valence-electron chi connectivity index (χ4n) is 7.64. The van der Waals surface area contributed by atoms with Crippen LogP contribution in [-0.4, -0.2) is 35.2 Å². The van der Waals surface area contributed by atoms with Gasteiger partial charge >= 0.3 is 0 Å². The van der Waals surface area contributed by atoms with Gasteiger partial charge in [0.25, 0.3) is 0 Å². The lowest BCUT2D eigenvalue weighted by atomic mass is 9.44. The monoisotopic (exact) mass is 403 g/mol. The van der Waals surface area contributed by atoms with Gasteiger partial charge in [-0.05, 0) is 81.1 Å². The molecule has 4 N–H and O–H groups in total. The Balaban J connectivity index is 1.53. The maximum Gasteiger partial charge on any atom is 0.220 e. The average Bonchev–Trinajstić information content (AvgIpc) is 3.01. The van der Waals surface area contributed by atoms with Crippen LogP contribution in [0, 0.1) is 34.5 Å². The summed E-state index contributed by atoms with van der Waals surface area (Å²) in [5, 5.41) is 16.9. The van der Waals surface area contributed by atoms with Gasteiger partial charge in [0.15, 0.2) is 0 Å². The maximum absolute atomic E-state index is 12.6. The highest BCUT2D eigenvalue weighted by Crippen LogP contribution is 2.64. The average molecular weight is 404 g/mol. The van der Waals surface area contributed by atoms with E-state index in [9.17, 15) is 14.8 Å². The lowest BCUT2D eigenvalue weighted by Crippen LogP contribution is -2.58. The molecule has 29 heavy (non-hydrogen) atoms. The highest BCUT2D eigenvalue weighted by molar-refractivity contribution is 5.90. The molecule has 4 saturated carbocycles. The number of carbonyl (C=O) groups excluding carboxylic acids is 2. The van der Waals surface area contributed by atoms with E-state index in [0.29, 0.717) is 49.3 Å². The van der Waals surface area contributed by atoms with Crippen molar-refractivity contribution < 1.29 is 14.8 Å². The first-order valence-electron chi connectivity index (χ1n) is 11.6. The Bertz CT molecular complexity index is 707. The predicted octanol–water partition coefficient (Wildman–Crippen LogP) is 3.26. The van der Waals surface area contributed by atoms with E-state index in [-0.39, 0.29) is 28.7 Å². The number of rotatable bonds is 4. The maximum atomic E-state index is 12.6. The van der Waals surface area contributed by atoms with Crippen LogP contribution >= 0.6 is 0 Å². The summed E-state index contributed by atoms with van der Waals surface area (Å²) in [6.45, 7) is 5.10. The SMILES string of the molecule is C[C@]12CCC(NC(=O)CCCN)CC1/C(=N\O)C[C@@H]1[C@H]2CC[C@]2(C)C(=O)CC[C@@H]12. The van der Waals surface area contributed by atoms with Gasteiger partial charge in [-0.1, -0.05) is 19.0 Å². The van der Waals surface area contributed by atoms with Gasteiger partial charge < -0.3 is 16.3 Å². The van der Waals surface area contributed by atoms with Crippen LogP contribution in [0.25, 0.3) is 0 Å². The van der Waals surface area contributed by atoms with E-state index in [4.69, 9.17) is 5.73 Å². The molecule has 4 aliphatic carbocycles. The number of nitrogens with zero attached hydrogens (tertiary/aromatic N) is 1. The molecule has 6 nitrogen and oxygen atoms in total. The molecular formula is C23H37N3O3. The second-order valence-electron chi connectivity index (χ2n) is 10.6. The van der Waals surface area contributed by atoms with E-state index in [1.165, 1.54) is 0 Å². The highest BCUT2D eigenvalue weighted by atomic mass is 16.4. The molecular weight excluding hydrogens is 366 g/mol. The number of hydrogen-bond donors (Lipinski definition) is 3. The minimum absolute atomic E-state index is 0.0816. The Kier molecular flexibility index (Phi) is 5.51. The molecule has 0 aliphatic heterocycles. The third kappa shape index (κ3) is 3.31. The van der Waals surface area contributed by atoms with Crippen molar-refractivity contribution in [2.24, 2.45) is 45.4 Å². The molecule has 0 bridgehead atoms. The Morgan fingerprint density at radius 3 is 2.76 bits per heavy atom. The molecule has 7 atom stereocenters. The first kappa shape index (κ1) is 20.8. The van der Waals surface area contributed by atoms with Crippen molar-refractivity contribution in [2.75, 3.05) is 6.54 Å². The highest BCUT2D eigenvalue weighted by Gasteiger charge is 2.61. The van der Waals surface area contributed by atoms with Gasteiger partial charge in [-0.3, -0.25) is 9.59 Å². The smallest absolute Gasteiger partial charge is 0.220 e. The number of ketones is 1. The van der Waals surface area contributed by atoms with Crippen molar-refractivity contribution in [3.8, 4) is 0 Å². The van der Waals surface area contributed by atoms with Crippen LogP contribution in [0.15, 0.2) is 5.16 Å². The van der Waals surface area contributed by atoms with Crippen LogP contribution in [0.2, 0.25) is 0 Å². The van der Waals surface area contributed by atoms with Crippen molar-refractivity contribution in [1.29, 1.82) is 0 Å². The van der Waals surface area contributed by atoms with E-state index in [1.807, 2.05) is 0 Å². The van der Waals surface area contributed by atoms with E-state index in [1.54, 1.807) is 0 Å². The second kappa shape index (κ2) is 7.68. The molecule has 4 aliphatic rings. The van der Waals surface area contributed by atoms with Crippen molar-refractivity contribution in [1.82, 2.24) is 5.32 Å². The van der Waals surface area contributed by atoms with E-state index in [2.05, 4.69) is 24.3 Å². The summed E-state index contributed by atoms with van der Waals surface area (Å²) >= 11 is 0. The Morgan fingerprint density at radius 1 is 1.24 bits per heavy atom. The first-order valence-corrected chi connectivity index (χ1v) is 11.6. The quantitative estimate of drug-likeness (QED) is 0.495. The zero-order chi connectivity index (χ0) is 20.8. The number of nitrogens with one attached hydrogen (secondary N) is 1. The van der Waals surface area contributed by atoms with Crippen molar-refractivity contribution in [3.63, 3.8) is 0 Å². The topological polar surface area (TPSA) is 105 Å². The molecule has 0 aromatic heterocycles. The summed E-state index contributed by atoms with van der Waals surface area (Å²) < 4.78 is 0. The number of oxime groups is 1. The normalized spacial score (nSPS) is 45.4. The number of carbonyl (C=O) groups is 2. The van der Waals surface area contributed by atoms with E-state index >= 15 is 0 Å². The molecule has 4 fully saturated rings. The molecule has 0 saturated heterocycles. The van der Waals surface area contributed by atoms with Gasteiger partial charge in [0, 0.05) is 30.2 Å². The molecule has 0 spiro atoms. The molecule has 162 valence electrons. The number of amides is 1. The van der Waals surface area contributed by atoms with Gasteiger partial charge in [-0.2, -0.15) is 0 Å². The van der Waals surface area contributed by atoms with E-state index in [0.717, 1.165) is 50.7 Å². The number of Topliss-reactive ketones (excluding diaryl/α,β-unsaturated/α-hetero) is 1. The van der Waals surface area contributed by atoms with Crippen molar-refractivity contribution in [3.05, 3.63) is 0 Å².